The second kappa shape index (κ2) is 10.1. The van der Waals surface area contributed by atoms with Crippen molar-refractivity contribution in [1.82, 2.24) is 0 Å². The molecular formula is C25H30O5. The number of ketones is 1. The van der Waals surface area contributed by atoms with E-state index in [4.69, 9.17) is 14.2 Å². The van der Waals surface area contributed by atoms with Gasteiger partial charge in [-0.15, -0.1) is 0 Å². The van der Waals surface area contributed by atoms with E-state index in [2.05, 4.69) is 6.92 Å². The highest BCUT2D eigenvalue weighted by Crippen LogP contribution is 2.34. The molecule has 0 unspecified atom stereocenters. The van der Waals surface area contributed by atoms with Crippen molar-refractivity contribution in [2.75, 3.05) is 14.2 Å². The van der Waals surface area contributed by atoms with E-state index in [-0.39, 0.29) is 11.8 Å². The number of carbonyl (C=O) groups is 2. The van der Waals surface area contributed by atoms with Gasteiger partial charge in [-0.2, -0.15) is 0 Å². The Morgan fingerprint density at radius 3 is 2.17 bits per heavy atom. The van der Waals surface area contributed by atoms with Gasteiger partial charge >= 0.3 is 5.97 Å². The third kappa shape index (κ3) is 5.72. The first-order valence-electron chi connectivity index (χ1n) is 9.99. The lowest BCUT2D eigenvalue weighted by molar-refractivity contribution is -0.142. The zero-order chi connectivity index (χ0) is 22.3. The number of methoxy groups -OCH3 is 2. The Kier molecular flexibility index (Phi) is 7.81. The van der Waals surface area contributed by atoms with Gasteiger partial charge in [-0.05, 0) is 75.2 Å². The molecule has 0 N–H and O–H groups in total. The quantitative estimate of drug-likeness (QED) is 0.249. The maximum Gasteiger partial charge on any atom is 0.316 e. The maximum atomic E-state index is 12.6. The molecule has 0 aromatic heterocycles. The lowest BCUT2D eigenvalue weighted by atomic mass is 9.97. The topological polar surface area (TPSA) is 61.8 Å². The van der Waals surface area contributed by atoms with Gasteiger partial charge in [-0.25, -0.2) is 0 Å². The first kappa shape index (κ1) is 23.2. The highest BCUT2D eigenvalue weighted by Gasteiger charge is 2.23. The number of hydrogen-bond donors (Lipinski definition) is 0. The average molecular weight is 411 g/mol. The van der Waals surface area contributed by atoms with E-state index in [0.29, 0.717) is 22.8 Å². The summed E-state index contributed by atoms with van der Waals surface area (Å²) < 4.78 is 16.4. The first-order valence-corrected chi connectivity index (χ1v) is 9.99. The van der Waals surface area contributed by atoms with E-state index < -0.39 is 5.41 Å². The molecule has 0 radical (unpaired) electrons. The molecule has 30 heavy (non-hydrogen) atoms. The molecule has 2 rings (SSSR count). The molecule has 5 heteroatoms. The van der Waals surface area contributed by atoms with Crippen LogP contribution in [-0.2, 0) is 11.2 Å². The Labute approximate surface area is 178 Å². The monoisotopic (exact) mass is 410 g/mol. The Balaban J connectivity index is 2.23. The SMILES string of the molecule is CCCc1ccc(OC)c(/C=C/C(=O)c2ccc(OC(=O)C(C)(C)C)cc2)c1OC. The number of ether oxygens (including phenoxy) is 3. The summed E-state index contributed by atoms with van der Waals surface area (Å²) in [5.74, 6) is 1.26. The molecule has 0 atom stereocenters. The van der Waals surface area contributed by atoms with Crippen molar-refractivity contribution >= 4 is 17.8 Å². The van der Waals surface area contributed by atoms with Crippen molar-refractivity contribution in [3.05, 3.63) is 59.2 Å². The molecule has 160 valence electrons. The van der Waals surface area contributed by atoms with Crippen LogP contribution in [0.25, 0.3) is 6.08 Å². The zero-order valence-corrected chi connectivity index (χ0v) is 18.6. The van der Waals surface area contributed by atoms with Crippen molar-refractivity contribution in [1.29, 1.82) is 0 Å². The van der Waals surface area contributed by atoms with Crippen molar-refractivity contribution in [3.8, 4) is 17.2 Å². The van der Waals surface area contributed by atoms with Crippen molar-refractivity contribution in [3.63, 3.8) is 0 Å². The molecule has 2 aromatic carbocycles. The van der Waals surface area contributed by atoms with E-state index in [1.165, 1.54) is 6.08 Å². The third-order valence-corrected chi connectivity index (χ3v) is 4.54. The molecule has 0 bridgehead atoms. The standard InChI is InChI=1S/C25H30O5/c1-7-8-18-11-16-22(28-5)20(23(18)29-6)14-15-21(26)17-9-12-19(13-10-17)30-24(27)25(2,3)4/h9-16H,7-8H2,1-6H3/b15-14+. The minimum Gasteiger partial charge on any atom is -0.496 e. The lowest BCUT2D eigenvalue weighted by Crippen LogP contribution is -2.25. The highest BCUT2D eigenvalue weighted by molar-refractivity contribution is 6.07. The van der Waals surface area contributed by atoms with Crippen LogP contribution in [0.4, 0.5) is 0 Å². The molecule has 0 saturated carbocycles. The summed E-state index contributed by atoms with van der Waals surface area (Å²) in [5.41, 5.74) is 1.69. The molecule has 0 aliphatic rings. The largest absolute Gasteiger partial charge is 0.496 e. The van der Waals surface area contributed by atoms with E-state index in [1.54, 1.807) is 65.3 Å². The molecule has 0 aliphatic heterocycles. The maximum absolute atomic E-state index is 12.6. The second-order valence-electron chi connectivity index (χ2n) is 7.99. The zero-order valence-electron chi connectivity index (χ0n) is 18.6. The van der Waals surface area contributed by atoms with E-state index in [9.17, 15) is 9.59 Å². The number of hydrogen-bond acceptors (Lipinski definition) is 5. The summed E-state index contributed by atoms with van der Waals surface area (Å²) in [6, 6.07) is 10.4. The summed E-state index contributed by atoms with van der Waals surface area (Å²) >= 11 is 0. The number of benzene rings is 2. The minimum absolute atomic E-state index is 0.173. The van der Waals surface area contributed by atoms with Crippen LogP contribution in [0.3, 0.4) is 0 Å². The van der Waals surface area contributed by atoms with Gasteiger partial charge in [-0.3, -0.25) is 9.59 Å². The molecule has 0 heterocycles. The predicted molar refractivity (Wildman–Crippen MR) is 118 cm³/mol. The summed E-state index contributed by atoms with van der Waals surface area (Å²) in [6.07, 6.45) is 5.06. The smallest absolute Gasteiger partial charge is 0.316 e. The highest BCUT2D eigenvalue weighted by atomic mass is 16.5. The summed E-state index contributed by atoms with van der Waals surface area (Å²) in [6.45, 7) is 7.47. The lowest BCUT2D eigenvalue weighted by Gasteiger charge is -2.16. The van der Waals surface area contributed by atoms with Crippen LogP contribution in [0.5, 0.6) is 17.2 Å². The van der Waals surface area contributed by atoms with Gasteiger partial charge in [0, 0.05) is 5.56 Å². The fourth-order valence-electron chi connectivity index (χ4n) is 2.87. The second-order valence-corrected chi connectivity index (χ2v) is 7.99. The molecular weight excluding hydrogens is 380 g/mol. The molecule has 0 aliphatic carbocycles. The van der Waals surface area contributed by atoms with Crippen molar-refractivity contribution in [2.24, 2.45) is 5.41 Å². The Morgan fingerprint density at radius 2 is 1.63 bits per heavy atom. The Bertz CT molecular complexity index is 918. The average Bonchev–Trinajstić information content (AvgIpc) is 2.72. The fourth-order valence-corrected chi connectivity index (χ4v) is 2.87. The van der Waals surface area contributed by atoms with Crippen LogP contribution >= 0.6 is 0 Å². The number of esters is 1. The van der Waals surface area contributed by atoms with E-state index in [1.807, 2.05) is 12.1 Å². The number of carbonyl (C=O) groups excluding carboxylic acids is 2. The van der Waals surface area contributed by atoms with Crippen LogP contribution in [0.1, 0.15) is 55.6 Å². The van der Waals surface area contributed by atoms with Gasteiger partial charge in [0.15, 0.2) is 5.78 Å². The van der Waals surface area contributed by atoms with Crippen LogP contribution in [0, 0.1) is 5.41 Å². The molecule has 0 fully saturated rings. The predicted octanol–water partition coefficient (Wildman–Crippen LogP) is 5.50. The molecule has 0 spiro atoms. The van der Waals surface area contributed by atoms with Gasteiger partial charge in [0.2, 0.25) is 0 Å². The Hall–Kier alpha value is -3.08. The van der Waals surface area contributed by atoms with Gasteiger partial charge in [-0.1, -0.05) is 19.4 Å². The van der Waals surface area contributed by atoms with Gasteiger partial charge < -0.3 is 14.2 Å². The summed E-state index contributed by atoms with van der Waals surface area (Å²) in [5, 5.41) is 0. The molecule has 5 nitrogen and oxygen atoms in total. The fraction of sp³-hybridized carbons (Fsp3) is 0.360. The normalized spacial score (nSPS) is 11.4. The molecule has 0 saturated heterocycles. The molecule has 2 aromatic rings. The van der Waals surface area contributed by atoms with Crippen LogP contribution in [-0.4, -0.2) is 26.0 Å². The van der Waals surface area contributed by atoms with E-state index in [0.717, 1.165) is 24.0 Å². The van der Waals surface area contributed by atoms with Crippen molar-refractivity contribution in [2.45, 2.75) is 40.5 Å². The van der Waals surface area contributed by atoms with E-state index >= 15 is 0 Å². The minimum atomic E-state index is -0.596. The Morgan fingerprint density at radius 1 is 0.967 bits per heavy atom. The van der Waals surface area contributed by atoms with Crippen LogP contribution in [0.2, 0.25) is 0 Å². The molecule has 0 amide bonds. The van der Waals surface area contributed by atoms with Crippen molar-refractivity contribution < 1.29 is 23.8 Å². The number of aryl methyl sites for hydroxylation is 1. The van der Waals surface area contributed by atoms with Gasteiger partial charge in [0.05, 0.1) is 25.2 Å². The first-order chi connectivity index (χ1) is 14.2. The van der Waals surface area contributed by atoms with Crippen LogP contribution < -0.4 is 14.2 Å². The van der Waals surface area contributed by atoms with Crippen LogP contribution in [0.15, 0.2) is 42.5 Å². The van der Waals surface area contributed by atoms with Gasteiger partial charge in [0.1, 0.15) is 17.2 Å². The number of rotatable bonds is 8. The summed E-state index contributed by atoms with van der Waals surface area (Å²) in [7, 11) is 3.20. The van der Waals surface area contributed by atoms with Gasteiger partial charge in [0.25, 0.3) is 0 Å². The number of allylic oxidation sites excluding steroid dienone is 1. The summed E-state index contributed by atoms with van der Waals surface area (Å²) in [4.78, 5) is 24.6. The third-order valence-electron chi connectivity index (χ3n) is 4.54.